The predicted molar refractivity (Wildman–Crippen MR) is 112 cm³/mol. The van der Waals surface area contributed by atoms with Crippen LogP contribution in [0.15, 0.2) is 37.1 Å². The van der Waals surface area contributed by atoms with Gasteiger partial charge >= 0.3 is 0 Å². The highest BCUT2D eigenvalue weighted by Gasteiger charge is 2.22. The Labute approximate surface area is 171 Å². The quantitative estimate of drug-likeness (QED) is 0.482. The highest BCUT2D eigenvalue weighted by molar-refractivity contribution is 5.93. The summed E-state index contributed by atoms with van der Waals surface area (Å²) in [6.45, 7) is 1.56. The van der Waals surface area contributed by atoms with Gasteiger partial charge in [0, 0.05) is 66.5 Å². The first-order valence-corrected chi connectivity index (χ1v) is 10.1. The van der Waals surface area contributed by atoms with Crippen LogP contribution in [0.2, 0.25) is 0 Å². The Morgan fingerprint density at radius 3 is 2.83 bits per heavy atom. The summed E-state index contributed by atoms with van der Waals surface area (Å²) in [4.78, 5) is 27.5. The van der Waals surface area contributed by atoms with E-state index in [0.29, 0.717) is 17.2 Å². The number of nitrogens with zero attached hydrogens (tertiary/aromatic N) is 4. The largest absolute Gasteiger partial charge is 0.354 e. The van der Waals surface area contributed by atoms with Gasteiger partial charge in [0.25, 0.3) is 0 Å². The van der Waals surface area contributed by atoms with E-state index in [1.54, 1.807) is 29.9 Å². The van der Waals surface area contributed by atoms with Gasteiger partial charge in [0.15, 0.2) is 11.5 Å². The number of hydrogen-bond acceptors (Lipinski definition) is 5. The van der Waals surface area contributed by atoms with Gasteiger partial charge in [-0.1, -0.05) is 0 Å². The molecule has 1 fully saturated rings. The van der Waals surface area contributed by atoms with E-state index in [1.165, 1.54) is 6.07 Å². The predicted octanol–water partition coefficient (Wildman–Crippen LogP) is 3.27. The number of rotatable bonds is 4. The van der Waals surface area contributed by atoms with Crippen molar-refractivity contribution in [3.63, 3.8) is 0 Å². The SMILES string of the molecule is CC(=O)NC1CCC(Nc2ncc3c(-c4cc(F)c5nccn5c4)c[nH]c3n2)CC1. The minimum Gasteiger partial charge on any atom is -0.354 e. The molecular formula is C21H22FN7O. The molecule has 0 aromatic carbocycles. The Bertz CT molecular complexity index is 1220. The first-order chi connectivity index (χ1) is 14.6. The summed E-state index contributed by atoms with van der Waals surface area (Å²) < 4.78 is 16.0. The number of aromatic nitrogens is 5. The second kappa shape index (κ2) is 7.40. The summed E-state index contributed by atoms with van der Waals surface area (Å²) in [5, 5.41) is 7.21. The third-order valence-electron chi connectivity index (χ3n) is 5.65. The molecule has 1 amide bonds. The van der Waals surface area contributed by atoms with Crippen LogP contribution in [-0.2, 0) is 4.79 Å². The van der Waals surface area contributed by atoms with Crippen LogP contribution in [0.4, 0.5) is 10.3 Å². The lowest BCUT2D eigenvalue weighted by molar-refractivity contribution is -0.119. The molecule has 0 radical (unpaired) electrons. The van der Waals surface area contributed by atoms with E-state index in [4.69, 9.17) is 0 Å². The molecule has 0 atom stereocenters. The molecule has 30 heavy (non-hydrogen) atoms. The van der Waals surface area contributed by atoms with Crippen molar-refractivity contribution in [2.45, 2.75) is 44.7 Å². The average molecular weight is 407 g/mol. The fraction of sp³-hybridized carbons (Fsp3) is 0.333. The van der Waals surface area contributed by atoms with Gasteiger partial charge in [0.05, 0.1) is 0 Å². The van der Waals surface area contributed by atoms with E-state index in [1.807, 2.05) is 12.4 Å². The standard InChI is InChI=1S/C21H22FN7O/c1-12(30)26-14-2-4-15(5-3-14)27-21-25-10-17-16(9-24-19(17)28-21)13-8-18(22)20-23-6-7-29(20)11-13/h6-11,14-15H,2-5H2,1H3,(H,26,30)(H2,24,25,27,28). The van der Waals surface area contributed by atoms with E-state index in [-0.39, 0.29) is 23.8 Å². The Morgan fingerprint density at radius 1 is 1.23 bits per heavy atom. The molecular weight excluding hydrogens is 385 g/mol. The summed E-state index contributed by atoms with van der Waals surface area (Å²) in [5.74, 6) is 0.214. The van der Waals surface area contributed by atoms with Crippen LogP contribution < -0.4 is 10.6 Å². The van der Waals surface area contributed by atoms with Gasteiger partial charge in [-0.2, -0.15) is 4.98 Å². The fourth-order valence-electron chi connectivity index (χ4n) is 4.21. The lowest BCUT2D eigenvalue weighted by Gasteiger charge is -2.29. The molecule has 1 aliphatic rings. The number of anilines is 1. The number of fused-ring (bicyclic) bond motifs is 2. The van der Waals surface area contributed by atoms with Gasteiger partial charge in [-0.3, -0.25) is 4.79 Å². The Hall–Kier alpha value is -3.49. The van der Waals surface area contributed by atoms with Crippen molar-refractivity contribution in [1.82, 2.24) is 29.7 Å². The molecule has 1 aliphatic carbocycles. The molecule has 8 nitrogen and oxygen atoms in total. The topological polar surface area (TPSA) is 100 Å². The number of H-pyrrole nitrogens is 1. The van der Waals surface area contributed by atoms with Crippen LogP contribution in [-0.4, -0.2) is 42.3 Å². The van der Waals surface area contributed by atoms with Crippen LogP contribution >= 0.6 is 0 Å². The molecule has 0 spiro atoms. The van der Waals surface area contributed by atoms with Crippen LogP contribution in [0.5, 0.6) is 0 Å². The number of imidazole rings is 1. The van der Waals surface area contributed by atoms with Crippen molar-refractivity contribution in [3.05, 3.63) is 42.9 Å². The molecule has 4 heterocycles. The van der Waals surface area contributed by atoms with Crippen LogP contribution in [0.25, 0.3) is 27.8 Å². The molecule has 0 saturated heterocycles. The lowest BCUT2D eigenvalue weighted by Crippen LogP contribution is -2.39. The minimum atomic E-state index is -0.374. The molecule has 4 aromatic rings. The first kappa shape index (κ1) is 18.5. The molecule has 5 rings (SSSR count). The number of hydrogen-bond donors (Lipinski definition) is 3. The van der Waals surface area contributed by atoms with Crippen LogP contribution in [0, 0.1) is 5.82 Å². The van der Waals surface area contributed by atoms with Gasteiger partial charge in [-0.15, -0.1) is 0 Å². The molecule has 0 unspecified atom stereocenters. The zero-order valence-electron chi connectivity index (χ0n) is 16.5. The van der Waals surface area contributed by atoms with Crippen molar-refractivity contribution in [3.8, 4) is 11.1 Å². The number of carbonyl (C=O) groups is 1. The van der Waals surface area contributed by atoms with E-state index >= 15 is 0 Å². The van der Waals surface area contributed by atoms with E-state index in [2.05, 4.69) is 30.6 Å². The third kappa shape index (κ3) is 3.47. The summed E-state index contributed by atoms with van der Waals surface area (Å²) in [6, 6.07) is 2.01. The van der Waals surface area contributed by atoms with Gasteiger partial charge in [-0.25, -0.2) is 14.4 Å². The third-order valence-corrected chi connectivity index (χ3v) is 5.65. The summed E-state index contributed by atoms with van der Waals surface area (Å²) in [6.07, 6.45) is 12.5. The maximum atomic E-state index is 14.3. The number of nitrogens with one attached hydrogen (secondary N) is 3. The molecule has 0 aliphatic heterocycles. The molecule has 154 valence electrons. The number of halogens is 1. The smallest absolute Gasteiger partial charge is 0.224 e. The molecule has 9 heteroatoms. The second-order valence-electron chi connectivity index (χ2n) is 7.79. The highest BCUT2D eigenvalue weighted by atomic mass is 19.1. The van der Waals surface area contributed by atoms with Crippen molar-refractivity contribution in [1.29, 1.82) is 0 Å². The average Bonchev–Trinajstić information content (AvgIpc) is 3.36. The summed E-state index contributed by atoms with van der Waals surface area (Å²) in [7, 11) is 0. The zero-order chi connectivity index (χ0) is 20.7. The van der Waals surface area contributed by atoms with Crippen molar-refractivity contribution >= 4 is 28.5 Å². The van der Waals surface area contributed by atoms with Crippen LogP contribution in [0.3, 0.4) is 0 Å². The Morgan fingerprint density at radius 2 is 2.03 bits per heavy atom. The van der Waals surface area contributed by atoms with Crippen molar-refractivity contribution in [2.75, 3.05) is 5.32 Å². The Kier molecular flexibility index (Phi) is 4.57. The number of carbonyl (C=O) groups excluding carboxylic acids is 1. The van der Waals surface area contributed by atoms with Crippen LogP contribution in [0.1, 0.15) is 32.6 Å². The van der Waals surface area contributed by atoms with Gasteiger partial charge < -0.3 is 20.0 Å². The highest BCUT2D eigenvalue weighted by Crippen LogP contribution is 2.29. The normalized spacial score (nSPS) is 19.3. The molecule has 4 aromatic heterocycles. The van der Waals surface area contributed by atoms with Gasteiger partial charge in [0.1, 0.15) is 5.65 Å². The van der Waals surface area contributed by atoms with Crippen molar-refractivity contribution < 1.29 is 9.18 Å². The minimum absolute atomic E-state index is 0.0230. The number of pyridine rings is 1. The van der Waals surface area contributed by atoms with E-state index < -0.39 is 0 Å². The monoisotopic (exact) mass is 407 g/mol. The van der Waals surface area contributed by atoms with Gasteiger partial charge in [-0.05, 0) is 31.7 Å². The lowest BCUT2D eigenvalue weighted by atomic mass is 9.91. The fourth-order valence-corrected chi connectivity index (χ4v) is 4.21. The molecule has 0 bridgehead atoms. The maximum Gasteiger partial charge on any atom is 0.224 e. The maximum absolute atomic E-state index is 14.3. The summed E-state index contributed by atoms with van der Waals surface area (Å²) >= 11 is 0. The van der Waals surface area contributed by atoms with Crippen molar-refractivity contribution in [2.24, 2.45) is 0 Å². The second-order valence-corrected chi connectivity index (χ2v) is 7.79. The first-order valence-electron chi connectivity index (χ1n) is 10.1. The summed E-state index contributed by atoms with van der Waals surface area (Å²) in [5.41, 5.74) is 2.56. The molecule has 3 N–H and O–H groups in total. The zero-order valence-corrected chi connectivity index (χ0v) is 16.5. The Balaban J connectivity index is 1.34. The number of aromatic amines is 1. The van der Waals surface area contributed by atoms with E-state index in [0.717, 1.165) is 42.2 Å². The van der Waals surface area contributed by atoms with Gasteiger partial charge in [0.2, 0.25) is 11.9 Å². The molecule has 1 saturated carbocycles. The van der Waals surface area contributed by atoms with E-state index in [9.17, 15) is 9.18 Å². The number of amides is 1.